The van der Waals surface area contributed by atoms with Gasteiger partial charge in [-0.1, -0.05) is 6.07 Å². The predicted molar refractivity (Wildman–Crippen MR) is 54.1 cm³/mol. The lowest BCUT2D eigenvalue weighted by molar-refractivity contribution is -0.141. The fourth-order valence-electron chi connectivity index (χ4n) is 1.29. The number of alkyl halides is 3. The number of hydrogen-bond acceptors (Lipinski definition) is 4. The van der Waals surface area contributed by atoms with Crippen LogP contribution in [-0.2, 0) is 6.18 Å². The van der Waals surface area contributed by atoms with E-state index >= 15 is 0 Å². The third-order valence-electron chi connectivity index (χ3n) is 2.14. The molecule has 0 saturated heterocycles. The van der Waals surface area contributed by atoms with Gasteiger partial charge in [-0.25, -0.2) is 4.98 Å². The summed E-state index contributed by atoms with van der Waals surface area (Å²) in [6.45, 7) is 0.0547. The van der Waals surface area contributed by atoms with Gasteiger partial charge in [0, 0.05) is 6.54 Å². The number of aliphatic hydroxyl groups is 2. The third-order valence-corrected chi connectivity index (χ3v) is 2.14. The van der Waals surface area contributed by atoms with Gasteiger partial charge in [-0.3, -0.25) is 0 Å². The topological polar surface area (TPSA) is 65.4 Å². The van der Waals surface area contributed by atoms with E-state index in [-0.39, 0.29) is 12.2 Å². The SMILES string of the molecule is CNCC(O)C(O)c1cccc(C(F)(F)F)n1. The van der Waals surface area contributed by atoms with Gasteiger partial charge in [-0.15, -0.1) is 0 Å². The number of halogens is 3. The zero-order chi connectivity index (χ0) is 13.1. The van der Waals surface area contributed by atoms with E-state index in [2.05, 4.69) is 10.3 Å². The van der Waals surface area contributed by atoms with Crippen LogP contribution in [0.25, 0.3) is 0 Å². The van der Waals surface area contributed by atoms with Crippen molar-refractivity contribution in [2.45, 2.75) is 18.4 Å². The minimum absolute atomic E-state index is 0.0547. The van der Waals surface area contributed by atoms with Crippen LogP contribution >= 0.6 is 0 Å². The first-order chi connectivity index (χ1) is 7.86. The molecule has 3 N–H and O–H groups in total. The Morgan fingerprint density at radius 3 is 2.53 bits per heavy atom. The van der Waals surface area contributed by atoms with Gasteiger partial charge in [0.05, 0.1) is 11.8 Å². The van der Waals surface area contributed by atoms with Crippen LogP contribution in [0.3, 0.4) is 0 Å². The van der Waals surface area contributed by atoms with Gasteiger partial charge in [-0.05, 0) is 19.2 Å². The highest BCUT2D eigenvalue weighted by Crippen LogP contribution is 2.28. The Hall–Kier alpha value is -1.18. The van der Waals surface area contributed by atoms with Gasteiger partial charge in [0.15, 0.2) is 0 Å². The molecule has 0 aromatic carbocycles. The van der Waals surface area contributed by atoms with Crippen molar-refractivity contribution in [2.75, 3.05) is 13.6 Å². The Bertz CT molecular complexity index is 371. The van der Waals surface area contributed by atoms with Crippen LogP contribution in [0, 0.1) is 0 Å². The molecule has 4 nitrogen and oxygen atoms in total. The van der Waals surface area contributed by atoms with E-state index in [0.29, 0.717) is 0 Å². The van der Waals surface area contributed by atoms with Crippen LogP contribution in [-0.4, -0.2) is 34.9 Å². The van der Waals surface area contributed by atoms with E-state index in [1.54, 1.807) is 7.05 Å². The molecule has 2 atom stereocenters. The number of likely N-dealkylation sites (N-methyl/N-ethyl adjacent to an activating group) is 1. The summed E-state index contributed by atoms with van der Waals surface area (Å²) < 4.78 is 37.1. The van der Waals surface area contributed by atoms with Gasteiger partial charge in [0.1, 0.15) is 11.8 Å². The molecular formula is C10H13F3N2O2. The molecule has 0 aliphatic carbocycles. The van der Waals surface area contributed by atoms with Gasteiger partial charge >= 0.3 is 6.18 Å². The number of aliphatic hydroxyl groups excluding tert-OH is 2. The minimum atomic E-state index is -4.57. The normalized spacial score (nSPS) is 15.6. The minimum Gasteiger partial charge on any atom is -0.389 e. The molecule has 1 rings (SSSR count). The summed E-state index contributed by atoms with van der Waals surface area (Å²) in [5.41, 5.74) is -1.30. The van der Waals surface area contributed by atoms with Gasteiger partial charge in [-0.2, -0.15) is 13.2 Å². The number of aromatic nitrogens is 1. The van der Waals surface area contributed by atoms with Crippen LogP contribution in [0.15, 0.2) is 18.2 Å². The average Bonchev–Trinajstić information content (AvgIpc) is 2.27. The summed E-state index contributed by atoms with van der Waals surface area (Å²) in [6.07, 6.45) is -7.23. The summed E-state index contributed by atoms with van der Waals surface area (Å²) in [4.78, 5) is 3.28. The number of pyridine rings is 1. The summed E-state index contributed by atoms with van der Waals surface area (Å²) in [5, 5.41) is 21.6. The monoisotopic (exact) mass is 250 g/mol. The molecule has 0 radical (unpaired) electrons. The highest BCUT2D eigenvalue weighted by Gasteiger charge is 2.33. The maximum atomic E-state index is 12.4. The third kappa shape index (κ3) is 3.65. The molecule has 0 spiro atoms. The maximum absolute atomic E-state index is 12.4. The highest BCUT2D eigenvalue weighted by molar-refractivity contribution is 5.16. The zero-order valence-corrected chi connectivity index (χ0v) is 9.07. The van der Waals surface area contributed by atoms with Gasteiger partial charge in [0.2, 0.25) is 0 Å². The first kappa shape index (κ1) is 13.9. The lowest BCUT2D eigenvalue weighted by Gasteiger charge is -2.17. The van der Waals surface area contributed by atoms with Crippen molar-refractivity contribution >= 4 is 0 Å². The molecule has 17 heavy (non-hydrogen) atoms. The zero-order valence-electron chi connectivity index (χ0n) is 9.07. The lowest BCUT2D eigenvalue weighted by atomic mass is 10.1. The van der Waals surface area contributed by atoms with Crippen molar-refractivity contribution in [1.29, 1.82) is 0 Å². The van der Waals surface area contributed by atoms with Gasteiger partial charge in [0.25, 0.3) is 0 Å². The quantitative estimate of drug-likeness (QED) is 0.736. The molecule has 0 bridgehead atoms. The molecule has 1 aromatic rings. The first-order valence-corrected chi connectivity index (χ1v) is 4.91. The van der Waals surface area contributed by atoms with E-state index in [9.17, 15) is 23.4 Å². The molecule has 0 saturated carbocycles. The van der Waals surface area contributed by atoms with Crippen molar-refractivity contribution < 1.29 is 23.4 Å². The molecule has 2 unspecified atom stereocenters. The van der Waals surface area contributed by atoms with Crippen LogP contribution in [0.5, 0.6) is 0 Å². The second-order valence-electron chi connectivity index (χ2n) is 3.52. The van der Waals surface area contributed by atoms with E-state index in [4.69, 9.17) is 0 Å². The fraction of sp³-hybridized carbons (Fsp3) is 0.500. The highest BCUT2D eigenvalue weighted by atomic mass is 19.4. The molecule has 0 aliphatic heterocycles. The Morgan fingerprint density at radius 2 is 2.00 bits per heavy atom. The molecule has 1 aromatic heterocycles. The van der Waals surface area contributed by atoms with Crippen molar-refractivity contribution in [3.63, 3.8) is 0 Å². The summed E-state index contributed by atoms with van der Waals surface area (Å²) in [5.74, 6) is 0. The Balaban J connectivity index is 2.92. The second kappa shape index (κ2) is 5.44. The lowest BCUT2D eigenvalue weighted by Crippen LogP contribution is -2.30. The smallest absolute Gasteiger partial charge is 0.389 e. The van der Waals surface area contributed by atoms with Crippen LogP contribution in [0.1, 0.15) is 17.5 Å². The standard InChI is InChI=1S/C10H13F3N2O2/c1-14-5-7(16)9(17)6-3-2-4-8(15-6)10(11,12)13/h2-4,7,9,14,16-17H,5H2,1H3. The van der Waals surface area contributed by atoms with Gasteiger partial charge < -0.3 is 15.5 Å². The second-order valence-corrected chi connectivity index (χ2v) is 3.52. The molecule has 96 valence electrons. The largest absolute Gasteiger partial charge is 0.433 e. The number of hydrogen-bond donors (Lipinski definition) is 3. The first-order valence-electron chi connectivity index (χ1n) is 4.91. The van der Waals surface area contributed by atoms with Crippen LogP contribution in [0.4, 0.5) is 13.2 Å². The van der Waals surface area contributed by atoms with Crippen molar-refractivity contribution in [3.8, 4) is 0 Å². The van der Waals surface area contributed by atoms with Crippen molar-refractivity contribution in [3.05, 3.63) is 29.6 Å². The Kier molecular flexibility index (Phi) is 4.44. The number of rotatable bonds is 4. The summed E-state index contributed by atoms with van der Waals surface area (Å²) >= 11 is 0. The molecule has 0 aliphatic rings. The summed E-state index contributed by atoms with van der Waals surface area (Å²) in [7, 11) is 1.55. The molecule has 0 fully saturated rings. The molecule has 1 heterocycles. The van der Waals surface area contributed by atoms with E-state index in [1.807, 2.05) is 0 Å². The van der Waals surface area contributed by atoms with E-state index < -0.39 is 24.1 Å². The predicted octanol–water partition coefficient (Wildman–Crippen LogP) is 0.714. The fourth-order valence-corrected chi connectivity index (χ4v) is 1.29. The number of nitrogens with zero attached hydrogens (tertiary/aromatic N) is 1. The number of nitrogens with one attached hydrogen (secondary N) is 1. The molecular weight excluding hydrogens is 237 g/mol. The average molecular weight is 250 g/mol. The van der Waals surface area contributed by atoms with E-state index in [1.165, 1.54) is 6.07 Å². The Labute approximate surface area is 96.1 Å². The van der Waals surface area contributed by atoms with E-state index in [0.717, 1.165) is 12.1 Å². The maximum Gasteiger partial charge on any atom is 0.433 e. The van der Waals surface area contributed by atoms with Crippen LogP contribution in [0.2, 0.25) is 0 Å². The molecule has 7 heteroatoms. The molecule has 0 amide bonds. The Morgan fingerprint density at radius 1 is 1.35 bits per heavy atom. The van der Waals surface area contributed by atoms with Crippen LogP contribution < -0.4 is 5.32 Å². The van der Waals surface area contributed by atoms with Crippen molar-refractivity contribution in [1.82, 2.24) is 10.3 Å². The summed E-state index contributed by atoms with van der Waals surface area (Å²) in [6, 6.07) is 3.18. The van der Waals surface area contributed by atoms with Crippen molar-refractivity contribution in [2.24, 2.45) is 0 Å².